The van der Waals surface area contributed by atoms with Gasteiger partial charge in [0.2, 0.25) is 0 Å². The van der Waals surface area contributed by atoms with Gasteiger partial charge in [0, 0.05) is 23.1 Å². The van der Waals surface area contributed by atoms with Crippen LogP contribution in [0.4, 0.5) is 10.5 Å². The van der Waals surface area contributed by atoms with Gasteiger partial charge in [-0.1, -0.05) is 23.8 Å². The number of benzene rings is 2. The number of hydrogen-bond donors (Lipinski definition) is 3. The summed E-state index contributed by atoms with van der Waals surface area (Å²) in [7, 11) is 0. The number of nitrogens with one attached hydrogen (secondary N) is 3. The van der Waals surface area contributed by atoms with E-state index in [1.807, 2.05) is 42.5 Å². The van der Waals surface area contributed by atoms with E-state index >= 15 is 0 Å². The Bertz CT molecular complexity index is 1240. The molecule has 0 aliphatic heterocycles. The van der Waals surface area contributed by atoms with Gasteiger partial charge in [0.1, 0.15) is 5.52 Å². The Labute approximate surface area is 168 Å². The molecule has 1 aliphatic carbocycles. The molecule has 2 amide bonds. The van der Waals surface area contributed by atoms with Crippen molar-refractivity contribution >= 4 is 44.8 Å². The standard InChI is InChI=1S/C23H23N5O/c29-23(24-13-12-15-6-2-1-3-7-15)25-16-10-11-18-17(14-16)21-22(27-18)28-20-9-5-4-8-19(20)26-21/h4-6,8-11,14H,1-3,7,12-13H2,(H,27,28)(H2,24,25,29). The van der Waals surface area contributed by atoms with Crippen LogP contribution in [0.15, 0.2) is 54.1 Å². The van der Waals surface area contributed by atoms with Crippen LogP contribution in [0.5, 0.6) is 0 Å². The molecule has 0 saturated heterocycles. The van der Waals surface area contributed by atoms with Gasteiger partial charge in [-0.25, -0.2) is 14.8 Å². The normalized spacial score (nSPS) is 14.3. The highest BCUT2D eigenvalue weighted by Gasteiger charge is 2.11. The number of carbonyl (C=O) groups is 1. The number of aromatic nitrogens is 3. The molecule has 29 heavy (non-hydrogen) atoms. The number of H-pyrrole nitrogens is 1. The van der Waals surface area contributed by atoms with Crippen molar-refractivity contribution in [1.29, 1.82) is 0 Å². The molecule has 0 atom stereocenters. The summed E-state index contributed by atoms with van der Waals surface area (Å²) in [6.45, 7) is 0.657. The molecule has 5 rings (SSSR count). The maximum atomic E-state index is 12.3. The first-order chi connectivity index (χ1) is 14.3. The third-order valence-electron chi connectivity index (χ3n) is 5.47. The van der Waals surface area contributed by atoms with Crippen molar-refractivity contribution in [3.05, 3.63) is 54.1 Å². The van der Waals surface area contributed by atoms with Crippen molar-refractivity contribution in [3.63, 3.8) is 0 Å². The van der Waals surface area contributed by atoms with Gasteiger partial charge in [0.05, 0.1) is 11.0 Å². The second kappa shape index (κ2) is 7.54. The van der Waals surface area contributed by atoms with Crippen LogP contribution in [-0.4, -0.2) is 27.5 Å². The third-order valence-corrected chi connectivity index (χ3v) is 5.47. The molecule has 0 saturated carbocycles. The first-order valence-corrected chi connectivity index (χ1v) is 10.2. The monoisotopic (exact) mass is 385 g/mol. The fraction of sp³-hybridized carbons (Fsp3) is 0.261. The second-order valence-electron chi connectivity index (χ2n) is 7.53. The molecule has 0 unspecified atom stereocenters. The smallest absolute Gasteiger partial charge is 0.319 e. The number of nitrogens with zero attached hydrogens (tertiary/aromatic N) is 2. The number of urea groups is 1. The maximum Gasteiger partial charge on any atom is 0.319 e. The predicted molar refractivity (Wildman–Crippen MR) is 117 cm³/mol. The van der Waals surface area contributed by atoms with Gasteiger partial charge in [0.15, 0.2) is 5.65 Å². The zero-order valence-corrected chi connectivity index (χ0v) is 16.2. The Morgan fingerprint density at radius 3 is 2.76 bits per heavy atom. The number of aromatic amines is 1. The van der Waals surface area contributed by atoms with E-state index in [1.54, 1.807) is 0 Å². The minimum Gasteiger partial charge on any atom is -0.338 e. The molecular formula is C23H23N5O. The van der Waals surface area contributed by atoms with E-state index in [0.717, 1.165) is 51.6 Å². The van der Waals surface area contributed by atoms with Crippen LogP contribution >= 0.6 is 0 Å². The highest BCUT2D eigenvalue weighted by atomic mass is 16.2. The van der Waals surface area contributed by atoms with Gasteiger partial charge in [-0.05, 0) is 62.4 Å². The molecule has 4 aromatic rings. The van der Waals surface area contributed by atoms with Crippen LogP contribution in [0.3, 0.4) is 0 Å². The second-order valence-corrected chi connectivity index (χ2v) is 7.53. The number of hydrogen-bond acceptors (Lipinski definition) is 3. The average molecular weight is 385 g/mol. The molecule has 146 valence electrons. The number of carbonyl (C=O) groups excluding carboxylic acids is 1. The highest BCUT2D eigenvalue weighted by Crippen LogP contribution is 2.27. The summed E-state index contributed by atoms with van der Waals surface area (Å²) >= 11 is 0. The molecule has 2 aromatic carbocycles. The summed E-state index contributed by atoms with van der Waals surface area (Å²) in [5.74, 6) is 0. The van der Waals surface area contributed by atoms with E-state index in [9.17, 15) is 4.79 Å². The lowest BCUT2D eigenvalue weighted by Crippen LogP contribution is -2.29. The minimum absolute atomic E-state index is 0.183. The summed E-state index contributed by atoms with van der Waals surface area (Å²) in [5.41, 5.74) is 6.43. The van der Waals surface area contributed by atoms with Crippen LogP contribution in [0.1, 0.15) is 32.1 Å². The third kappa shape index (κ3) is 3.66. The quantitative estimate of drug-likeness (QED) is 0.418. The molecule has 2 aromatic heterocycles. The van der Waals surface area contributed by atoms with Gasteiger partial charge < -0.3 is 15.6 Å². The minimum atomic E-state index is -0.183. The molecule has 2 heterocycles. The van der Waals surface area contributed by atoms with Crippen molar-refractivity contribution in [2.24, 2.45) is 0 Å². The Kier molecular flexibility index (Phi) is 4.60. The predicted octanol–water partition coefficient (Wildman–Crippen LogP) is 5.28. The van der Waals surface area contributed by atoms with Crippen molar-refractivity contribution in [1.82, 2.24) is 20.3 Å². The fourth-order valence-corrected chi connectivity index (χ4v) is 3.97. The topological polar surface area (TPSA) is 82.7 Å². The molecule has 0 spiro atoms. The van der Waals surface area contributed by atoms with Crippen LogP contribution in [0.2, 0.25) is 0 Å². The molecule has 0 radical (unpaired) electrons. The first kappa shape index (κ1) is 17.7. The molecule has 3 N–H and O–H groups in total. The summed E-state index contributed by atoms with van der Waals surface area (Å²) in [6.07, 6.45) is 8.13. The Morgan fingerprint density at radius 2 is 1.93 bits per heavy atom. The number of para-hydroxylation sites is 2. The van der Waals surface area contributed by atoms with Crippen molar-refractivity contribution in [3.8, 4) is 0 Å². The molecule has 0 bridgehead atoms. The molecule has 6 heteroatoms. The number of amides is 2. The van der Waals surface area contributed by atoms with E-state index in [-0.39, 0.29) is 6.03 Å². The van der Waals surface area contributed by atoms with Crippen LogP contribution in [0, 0.1) is 0 Å². The SMILES string of the molecule is O=C(NCCC1=CCCCC1)Nc1ccc2[nH]c3nc4ccccc4nc3c2c1. The Hall–Kier alpha value is -3.41. The zero-order valence-electron chi connectivity index (χ0n) is 16.2. The summed E-state index contributed by atoms with van der Waals surface area (Å²) in [6, 6.07) is 13.4. The van der Waals surface area contributed by atoms with E-state index in [0.29, 0.717) is 6.54 Å². The van der Waals surface area contributed by atoms with Gasteiger partial charge in [-0.15, -0.1) is 0 Å². The molecular weight excluding hydrogens is 362 g/mol. The largest absolute Gasteiger partial charge is 0.338 e. The van der Waals surface area contributed by atoms with Crippen molar-refractivity contribution in [2.45, 2.75) is 32.1 Å². The molecule has 0 fully saturated rings. The van der Waals surface area contributed by atoms with Crippen molar-refractivity contribution in [2.75, 3.05) is 11.9 Å². The average Bonchev–Trinajstić information content (AvgIpc) is 3.09. The van der Waals surface area contributed by atoms with Gasteiger partial charge in [-0.2, -0.15) is 0 Å². The Balaban J connectivity index is 1.33. The molecule has 6 nitrogen and oxygen atoms in total. The van der Waals surface area contributed by atoms with Crippen LogP contribution in [0.25, 0.3) is 33.1 Å². The lowest BCUT2D eigenvalue weighted by molar-refractivity contribution is 0.252. The van der Waals surface area contributed by atoms with Gasteiger partial charge in [0.25, 0.3) is 0 Å². The number of rotatable bonds is 4. The van der Waals surface area contributed by atoms with E-state index in [2.05, 4.69) is 26.7 Å². The van der Waals surface area contributed by atoms with Gasteiger partial charge >= 0.3 is 6.03 Å². The summed E-state index contributed by atoms with van der Waals surface area (Å²) in [4.78, 5) is 25.0. The Morgan fingerprint density at radius 1 is 1.07 bits per heavy atom. The molecule has 1 aliphatic rings. The van der Waals surface area contributed by atoms with Gasteiger partial charge in [-0.3, -0.25) is 0 Å². The summed E-state index contributed by atoms with van der Waals surface area (Å²) in [5, 5.41) is 6.83. The lowest BCUT2D eigenvalue weighted by atomic mass is 9.97. The van der Waals surface area contributed by atoms with Crippen LogP contribution < -0.4 is 10.6 Å². The van der Waals surface area contributed by atoms with Crippen molar-refractivity contribution < 1.29 is 4.79 Å². The lowest BCUT2D eigenvalue weighted by Gasteiger charge is -2.13. The maximum absolute atomic E-state index is 12.3. The summed E-state index contributed by atoms with van der Waals surface area (Å²) < 4.78 is 0. The fourth-order valence-electron chi connectivity index (χ4n) is 3.97. The first-order valence-electron chi connectivity index (χ1n) is 10.2. The number of fused-ring (bicyclic) bond motifs is 4. The van der Waals surface area contributed by atoms with E-state index in [1.165, 1.54) is 24.8 Å². The number of anilines is 1. The zero-order chi connectivity index (χ0) is 19.6. The van der Waals surface area contributed by atoms with Crippen LogP contribution in [-0.2, 0) is 0 Å². The van der Waals surface area contributed by atoms with E-state index < -0.39 is 0 Å². The highest BCUT2D eigenvalue weighted by molar-refractivity contribution is 6.07. The number of allylic oxidation sites excluding steroid dienone is 1. The van der Waals surface area contributed by atoms with E-state index in [4.69, 9.17) is 4.98 Å².